The van der Waals surface area contributed by atoms with Gasteiger partial charge in [0, 0.05) is 11.6 Å². The SMILES string of the molecule is COc1c(O)cccc1/C=C\C#N. The van der Waals surface area contributed by atoms with Crippen molar-refractivity contribution in [3.8, 4) is 17.6 Å². The second-order valence-electron chi connectivity index (χ2n) is 2.36. The first-order valence-corrected chi connectivity index (χ1v) is 3.71. The Morgan fingerprint density at radius 1 is 1.54 bits per heavy atom. The lowest BCUT2D eigenvalue weighted by Gasteiger charge is -2.05. The molecule has 1 aromatic rings. The zero-order chi connectivity index (χ0) is 9.68. The fourth-order valence-electron chi connectivity index (χ4n) is 1.02. The number of nitrogens with zero attached hydrogens (tertiary/aromatic N) is 1. The van der Waals surface area contributed by atoms with Gasteiger partial charge < -0.3 is 9.84 Å². The smallest absolute Gasteiger partial charge is 0.167 e. The minimum absolute atomic E-state index is 0.0718. The average molecular weight is 175 g/mol. The first-order chi connectivity index (χ1) is 6.29. The number of hydrogen-bond donors (Lipinski definition) is 1. The molecule has 0 fully saturated rings. The number of benzene rings is 1. The third-order valence-electron chi connectivity index (χ3n) is 1.57. The van der Waals surface area contributed by atoms with Gasteiger partial charge in [-0.05, 0) is 12.1 Å². The van der Waals surface area contributed by atoms with E-state index in [0.29, 0.717) is 11.3 Å². The van der Waals surface area contributed by atoms with Gasteiger partial charge >= 0.3 is 0 Å². The van der Waals surface area contributed by atoms with E-state index >= 15 is 0 Å². The van der Waals surface area contributed by atoms with Gasteiger partial charge in [-0.2, -0.15) is 5.26 Å². The second-order valence-corrected chi connectivity index (χ2v) is 2.36. The van der Waals surface area contributed by atoms with Gasteiger partial charge in [-0.25, -0.2) is 0 Å². The summed E-state index contributed by atoms with van der Waals surface area (Å²) in [5.41, 5.74) is 0.684. The molecule has 0 atom stereocenters. The van der Waals surface area contributed by atoms with Crippen molar-refractivity contribution in [2.45, 2.75) is 0 Å². The maximum atomic E-state index is 9.35. The van der Waals surface area contributed by atoms with Crippen LogP contribution in [0.1, 0.15) is 5.56 Å². The van der Waals surface area contributed by atoms with Crippen LogP contribution in [-0.2, 0) is 0 Å². The summed E-state index contributed by atoms with van der Waals surface area (Å²) < 4.78 is 4.96. The Hall–Kier alpha value is -1.95. The fourth-order valence-corrected chi connectivity index (χ4v) is 1.02. The zero-order valence-corrected chi connectivity index (χ0v) is 7.19. The number of methoxy groups -OCH3 is 1. The number of nitriles is 1. The molecular weight excluding hydrogens is 166 g/mol. The average Bonchev–Trinajstić information content (AvgIpc) is 2.15. The summed E-state index contributed by atoms with van der Waals surface area (Å²) >= 11 is 0. The van der Waals surface area contributed by atoms with Crippen molar-refractivity contribution in [1.29, 1.82) is 5.26 Å². The number of rotatable bonds is 2. The van der Waals surface area contributed by atoms with Gasteiger partial charge in [-0.15, -0.1) is 0 Å². The van der Waals surface area contributed by atoms with Gasteiger partial charge in [0.15, 0.2) is 11.5 Å². The van der Waals surface area contributed by atoms with Crippen LogP contribution in [0.25, 0.3) is 6.08 Å². The van der Waals surface area contributed by atoms with E-state index in [4.69, 9.17) is 10.00 Å². The maximum absolute atomic E-state index is 9.35. The highest BCUT2D eigenvalue weighted by Crippen LogP contribution is 2.30. The molecule has 0 saturated heterocycles. The van der Waals surface area contributed by atoms with Crippen LogP contribution in [0.15, 0.2) is 24.3 Å². The van der Waals surface area contributed by atoms with E-state index in [1.807, 2.05) is 6.07 Å². The minimum atomic E-state index is 0.0718. The molecule has 0 amide bonds. The van der Waals surface area contributed by atoms with E-state index in [1.165, 1.54) is 19.3 Å². The summed E-state index contributed by atoms with van der Waals surface area (Å²) in [5, 5.41) is 17.7. The highest BCUT2D eigenvalue weighted by molar-refractivity contribution is 5.63. The Bertz CT molecular complexity index is 364. The van der Waals surface area contributed by atoms with E-state index in [1.54, 1.807) is 18.2 Å². The zero-order valence-electron chi connectivity index (χ0n) is 7.19. The third-order valence-corrected chi connectivity index (χ3v) is 1.57. The van der Waals surface area contributed by atoms with Crippen molar-refractivity contribution in [3.63, 3.8) is 0 Å². The number of phenols is 1. The van der Waals surface area contributed by atoms with Crippen LogP contribution in [-0.4, -0.2) is 12.2 Å². The van der Waals surface area contributed by atoms with Gasteiger partial charge in [-0.1, -0.05) is 12.1 Å². The topological polar surface area (TPSA) is 53.2 Å². The van der Waals surface area contributed by atoms with Crippen molar-refractivity contribution < 1.29 is 9.84 Å². The highest BCUT2D eigenvalue weighted by Gasteiger charge is 2.03. The molecule has 3 heteroatoms. The third kappa shape index (κ3) is 2.00. The largest absolute Gasteiger partial charge is 0.504 e. The summed E-state index contributed by atoms with van der Waals surface area (Å²) in [5.74, 6) is 0.455. The number of phenolic OH excluding ortho intramolecular Hbond substituents is 1. The molecular formula is C10H9NO2. The van der Waals surface area contributed by atoms with Gasteiger partial charge in [0.25, 0.3) is 0 Å². The van der Waals surface area contributed by atoms with E-state index < -0.39 is 0 Å². The van der Waals surface area contributed by atoms with Crippen LogP contribution >= 0.6 is 0 Å². The number of aromatic hydroxyl groups is 1. The second kappa shape index (κ2) is 4.17. The van der Waals surface area contributed by atoms with Crippen LogP contribution in [0.4, 0.5) is 0 Å². The molecule has 0 aliphatic heterocycles. The molecule has 66 valence electrons. The van der Waals surface area contributed by atoms with Gasteiger partial charge in [0.2, 0.25) is 0 Å². The van der Waals surface area contributed by atoms with Crippen molar-refractivity contribution >= 4 is 6.08 Å². The van der Waals surface area contributed by atoms with Crippen LogP contribution < -0.4 is 4.74 Å². The number of ether oxygens (including phenoxy) is 1. The van der Waals surface area contributed by atoms with Crippen LogP contribution in [0, 0.1) is 11.3 Å². The Labute approximate surface area is 76.5 Å². The molecule has 0 saturated carbocycles. The van der Waals surface area contributed by atoms with Gasteiger partial charge in [-0.3, -0.25) is 0 Å². The Balaban J connectivity index is 3.14. The lowest BCUT2D eigenvalue weighted by molar-refractivity contribution is 0.372. The summed E-state index contributed by atoms with van der Waals surface area (Å²) in [6, 6.07) is 6.85. The first kappa shape index (κ1) is 9.14. The van der Waals surface area contributed by atoms with Crippen molar-refractivity contribution in [2.75, 3.05) is 7.11 Å². The maximum Gasteiger partial charge on any atom is 0.167 e. The molecule has 0 aliphatic carbocycles. The summed E-state index contributed by atoms with van der Waals surface area (Å²) in [7, 11) is 1.47. The monoisotopic (exact) mass is 175 g/mol. The normalized spacial score (nSPS) is 9.85. The molecule has 0 aliphatic rings. The first-order valence-electron chi connectivity index (χ1n) is 3.71. The molecule has 3 nitrogen and oxygen atoms in total. The standard InChI is InChI=1S/C10H9NO2/c1-13-10-8(5-3-7-11)4-2-6-9(10)12/h2-6,12H,1H3/b5-3-. The van der Waals surface area contributed by atoms with Crippen molar-refractivity contribution in [3.05, 3.63) is 29.8 Å². The summed E-state index contributed by atoms with van der Waals surface area (Å²) in [6.07, 6.45) is 2.91. The number of hydrogen-bond acceptors (Lipinski definition) is 3. The lowest BCUT2D eigenvalue weighted by Crippen LogP contribution is -1.86. The predicted octanol–water partition coefficient (Wildman–Crippen LogP) is 1.94. The lowest BCUT2D eigenvalue weighted by atomic mass is 10.2. The molecule has 0 radical (unpaired) electrons. The molecule has 0 heterocycles. The Morgan fingerprint density at radius 3 is 2.92 bits per heavy atom. The highest BCUT2D eigenvalue weighted by atomic mass is 16.5. The van der Waals surface area contributed by atoms with E-state index in [9.17, 15) is 5.11 Å². The van der Waals surface area contributed by atoms with E-state index in [0.717, 1.165) is 0 Å². The quantitative estimate of drug-likeness (QED) is 0.699. The molecule has 1 N–H and O–H groups in total. The van der Waals surface area contributed by atoms with Gasteiger partial charge in [0.05, 0.1) is 13.2 Å². The molecule has 0 spiro atoms. The van der Waals surface area contributed by atoms with Crippen molar-refractivity contribution in [1.82, 2.24) is 0 Å². The molecule has 1 aromatic carbocycles. The number of allylic oxidation sites excluding steroid dienone is 1. The number of para-hydroxylation sites is 1. The van der Waals surface area contributed by atoms with Gasteiger partial charge in [0.1, 0.15) is 0 Å². The Morgan fingerprint density at radius 2 is 2.31 bits per heavy atom. The summed E-state index contributed by atoms with van der Waals surface area (Å²) in [4.78, 5) is 0. The van der Waals surface area contributed by atoms with Crippen molar-refractivity contribution in [2.24, 2.45) is 0 Å². The van der Waals surface area contributed by atoms with Crippen LogP contribution in [0.3, 0.4) is 0 Å². The fraction of sp³-hybridized carbons (Fsp3) is 0.100. The molecule has 0 unspecified atom stereocenters. The Kier molecular flexibility index (Phi) is 2.93. The minimum Gasteiger partial charge on any atom is -0.504 e. The summed E-state index contributed by atoms with van der Waals surface area (Å²) in [6.45, 7) is 0. The molecule has 1 rings (SSSR count). The molecule has 13 heavy (non-hydrogen) atoms. The van der Waals surface area contributed by atoms with Crippen LogP contribution in [0.2, 0.25) is 0 Å². The van der Waals surface area contributed by atoms with E-state index in [2.05, 4.69) is 0 Å². The van der Waals surface area contributed by atoms with E-state index in [-0.39, 0.29) is 5.75 Å². The predicted molar refractivity (Wildman–Crippen MR) is 49.3 cm³/mol. The molecule has 0 aromatic heterocycles. The van der Waals surface area contributed by atoms with Crippen LogP contribution in [0.5, 0.6) is 11.5 Å². The molecule has 0 bridgehead atoms.